The maximum absolute atomic E-state index is 14.0. The van der Waals surface area contributed by atoms with Gasteiger partial charge < -0.3 is 19.3 Å². The third-order valence-electron chi connectivity index (χ3n) is 10.1. The molecule has 8 heteroatoms. The Kier molecular flexibility index (Phi) is 7.27. The number of hydrogen-bond acceptors (Lipinski definition) is 8. The number of thiol groups is 1. The molecule has 0 spiro atoms. The summed E-state index contributed by atoms with van der Waals surface area (Å²) in [5.41, 5.74) is -1.22. The van der Waals surface area contributed by atoms with Gasteiger partial charge in [-0.25, -0.2) is 0 Å². The standard InChI is InChI=1S/C29H40O7S/c1-4-6-25-35-23-14-20-19-9-8-17-13-18(30)10-11-27(17,2)26(19)21(31)15-28(20,3)29(23,36-25)22(32)16-34-24(33)7-5-12-37/h10-11,13,19-21,23,25-26,31,37H,4-9,12,14-16H2,1-3H3/t19-,20-,21-,23+,25?,26+,27-,28-,29+/m0/s1. The zero-order valence-electron chi connectivity index (χ0n) is 22.1. The van der Waals surface area contributed by atoms with Crippen LogP contribution in [0, 0.1) is 28.6 Å². The molecule has 4 fully saturated rings. The molecular weight excluding hydrogens is 492 g/mol. The fraction of sp³-hybridized carbons (Fsp3) is 0.759. The second-order valence-electron chi connectivity index (χ2n) is 12.1. The molecule has 0 amide bonds. The predicted octanol–water partition coefficient (Wildman–Crippen LogP) is 3.98. The lowest BCUT2D eigenvalue weighted by atomic mass is 9.46. The van der Waals surface area contributed by atoms with Gasteiger partial charge in [-0.1, -0.05) is 38.8 Å². The van der Waals surface area contributed by atoms with Gasteiger partial charge in [0.05, 0.1) is 12.2 Å². The number of rotatable bonds is 8. The summed E-state index contributed by atoms with van der Waals surface area (Å²) < 4.78 is 18.4. The second kappa shape index (κ2) is 9.92. The van der Waals surface area contributed by atoms with Gasteiger partial charge in [0.1, 0.15) is 0 Å². The Labute approximate surface area is 224 Å². The number of ketones is 2. The zero-order chi connectivity index (χ0) is 26.6. The number of carbonyl (C=O) groups is 3. The van der Waals surface area contributed by atoms with E-state index in [0.29, 0.717) is 31.4 Å². The van der Waals surface area contributed by atoms with Crippen LogP contribution in [0.25, 0.3) is 0 Å². The third kappa shape index (κ3) is 4.09. The summed E-state index contributed by atoms with van der Waals surface area (Å²) in [6.45, 7) is 5.90. The van der Waals surface area contributed by atoms with Gasteiger partial charge in [0.25, 0.3) is 0 Å². The van der Waals surface area contributed by atoms with Crippen molar-refractivity contribution < 1.29 is 33.7 Å². The molecule has 0 aromatic heterocycles. The Hall–Kier alpha value is -1.48. The molecule has 0 radical (unpaired) electrons. The molecule has 3 saturated carbocycles. The van der Waals surface area contributed by atoms with Crippen LogP contribution >= 0.6 is 12.6 Å². The minimum absolute atomic E-state index is 0.00805. The number of carbonyl (C=O) groups excluding carboxylic acids is 3. The lowest BCUT2D eigenvalue weighted by molar-refractivity contribution is -0.201. The van der Waals surface area contributed by atoms with E-state index in [-0.39, 0.29) is 47.8 Å². The smallest absolute Gasteiger partial charge is 0.306 e. The molecule has 1 saturated heterocycles. The molecule has 5 aliphatic rings. The van der Waals surface area contributed by atoms with Crippen molar-refractivity contribution in [3.8, 4) is 0 Å². The molecule has 1 unspecified atom stereocenters. The van der Waals surface area contributed by atoms with E-state index in [1.807, 2.05) is 13.0 Å². The summed E-state index contributed by atoms with van der Waals surface area (Å²) in [7, 11) is 0. The fourth-order valence-corrected chi connectivity index (χ4v) is 8.71. The first kappa shape index (κ1) is 27.1. The van der Waals surface area contributed by atoms with Crippen molar-refractivity contribution in [2.75, 3.05) is 12.4 Å². The van der Waals surface area contributed by atoms with E-state index in [1.165, 1.54) is 0 Å². The third-order valence-corrected chi connectivity index (χ3v) is 10.4. The first-order valence-electron chi connectivity index (χ1n) is 13.9. The molecule has 1 N–H and O–H groups in total. The number of esters is 1. The summed E-state index contributed by atoms with van der Waals surface area (Å²) >= 11 is 4.14. The number of fused-ring (bicyclic) bond motifs is 7. The largest absolute Gasteiger partial charge is 0.458 e. The van der Waals surface area contributed by atoms with Crippen molar-refractivity contribution in [2.24, 2.45) is 28.6 Å². The molecular formula is C29H40O7S. The van der Waals surface area contributed by atoms with Gasteiger partial charge >= 0.3 is 5.97 Å². The van der Waals surface area contributed by atoms with Crippen LogP contribution in [0.15, 0.2) is 23.8 Å². The Morgan fingerprint density at radius 2 is 2.08 bits per heavy atom. The van der Waals surface area contributed by atoms with Gasteiger partial charge in [-0.2, -0.15) is 12.6 Å². The minimum atomic E-state index is -1.26. The monoisotopic (exact) mass is 532 g/mol. The first-order valence-corrected chi connectivity index (χ1v) is 14.5. The number of allylic oxidation sites excluding steroid dienone is 4. The van der Waals surface area contributed by atoms with E-state index in [4.69, 9.17) is 14.2 Å². The minimum Gasteiger partial charge on any atom is -0.458 e. The van der Waals surface area contributed by atoms with Crippen molar-refractivity contribution in [2.45, 2.75) is 96.2 Å². The van der Waals surface area contributed by atoms with Crippen LogP contribution in [0.2, 0.25) is 0 Å². The highest BCUT2D eigenvalue weighted by Crippen LogP contribution is 2.69. The van der Waals surface area contributed by atoms with E-state index in [1.54, 1.807) is 12.2 Å². The summed E-state index contributed by atoms with van der Waals surface area (Å²) in [4.78, 5) is 38.3. The molecule has 204 valence electrons. The Bertz CT molecular complexity index is 1020. The van der Waals surface area contributed by atoms with Crippen molar-refractivity contribution >= 4 is 30.2 Å². The topological polar surface area (TPSA) is 99.1 Å². The van der Waals surface area contributed by atoms with E-state index < -0.39 is 35.5 Å². The molecule has 0 bridgehead atoms. The van der Waals surface area contributed by atoms with Gasteiger partial charge in [0.2, 0.25) is 5.78 Å². The molecule has 1 aliphatic heterocycles. The predicted molar refractivity (Wildman–Crippen MR) is 140 cm³/mol. The van der Waals surface area contributed by atoms with E-state index in [0.717, 1.165) is 24.8 Å². The van der Waals surface area contributed by atoms with Crippen LogP contribution in [0.3, 0.4) is 0 Å². The molecule has 5 rings (SSSR count). The molecule has 1 heterocycles. The summed E-state index contributed by atoms with van der Waals surface area (Å²) in [6.07, 6.45) is 8.79. The summed E-state index contributed by atoms with van der Waals surface area (Å²) in [5, 5.41) is 11.7. The van der Waals surface area contributed by atoms with Crippen molar-refractivity contribution in [3.05, 3.63) is 23.8 Å². The van der Waals surface area contributed by atoms with Crippen LogP contribution in [0.1, 0.15) is 72.1 Å². The van der Waals surface area contributed by atoms with Crippen LogP contribution in [0.4, 0.5) is 0 Å². The molecule has 9 atom stereocenters. The Morgan fingerprint density at radius 1 is 1.30 bits per heavy atom. The molecule has 0 aromatic carbocycles. The molecule has 0 aromatic rings. The molecule has 7 nitrogen and oxygen atoms in total. The second-order valence-corrected chi connectivity index (χ2v) is 12.5. The van der Waals surface area contributed by atoms with Crippen molar-refractivity contribution in [1.82, 2.24) is 0 Å². The highest BCUT2D eigenvalue weighted by atomic mass is 32.1. The van der Waals surface area contributed by atoms with Crippen LogP contribution in [-0.2, 0) is 28.6 Å². The van der Waals surface area contributed by atoms with Gasteiger partial charge in [-0.05, 0) is 68.3 Å². The average Bonchev–Trinajstić information content (AvgIpc) is 3.33. The number of ether oxygens (including phenoxy) is 3. The fourth-order valence-electron chi connectivity index (χ4n) is 8.55. The van der Waals surface area contributed by atoms with Gasteiger partial charge in [0, 0.05) is 23.2 Å². The average molecular weight is 533 g/mol. The quantitative estimate of drug-likeness (QED) is 0.360. The zero-order valence-corrected chi connectivity index (χ0v) is 23.0. The Morgan fingerprint density at radius 3 is 2.81 bits per heavy atom. The van der Waals surface area contributed by atoms with Gasteiger partial charge in [0.15, 0.2) is 24.3 Å². The van der Waals surface area contributed by atoms with Crippen molar-refractivity contribution in [1.29, 1.82) is 0 Å². The highest BCUT2D eigenvalue weighted by molar-refractivity contribution is 7.80. The summed E-state index contributed by atoms with van der Waals surface area (Å²) in [6, 6.07) is 0. The lowest BCUT2D eigenvalue weighted by Gasteiger charge is -2.59. The first-order chi connectivity index (χ1) is 17.6. The molecule has 37 heavy (non-hydrogen) atoms. The van der Waals surface area contributed by atoms with E-state index >= 15 is 0 Å². The lowest BCUT2D eigenvalue weighted by Crippen LogP contribution is -2.63. The number of hydrogen-bond donors (Lipinski definition) is 2. The number of aliphatic hydroxyl groups is 1. The maximum Gasteiger partial charge on any atom is 0.306 e. The number of Topliss-reactive ketones (excluding diaryl/α,β-unsaturated/α-hetero) is 1. The van der Waals surface area contributed by atoms with Crippen LogP contribution in [-0.4, -0.2) is 59.1 Å². The number of aliphatic hydroxyl groups excluding tert-OH is 1. The highest BCUT2D eigenvalue weighted by Gasteiger charge is 2.75. The normalized spacial score (nSPS) is 43.9. The van der Waals surface area contributed by atoms with E-state index in [2.05, 4.69) is 26.5 Å². The SMILES string of the molecule is CCCC1O[C@@H]2C[C@H]3[C@@H]4CCC5=CC(=O)C=C[C@]5(C)[C@H]4[C@@H](O)C[C@]3(C)[C@]2(C(=O)COC(=O)CCCS)O1. The summed E-state index contributed by atoms with van der Waals surface area (Å²) in [5.74, 6) is 0.0997. The van der Waals surface area contributed by atoms with Crippen LogP contribution in [0.5, 0.6) is 0 Å². The molecule has 4 aliphatic carbocycles. The Balaban J connectivity index is 1.47. The van der Waals surface area contributed by atoms with Gasteiger partial charge in [-0.3, -0.25) is 14.4 Å². The van der Waals surface area contributed by atoms with Crippen molar-refractivity contribution in [3.63, 3.8) is 0 Å². The van der Waals surface area contributed by atoms with Gasteiger partial charge in [-0.15, -0.1) is 0 Å². The maximum atomic E-state index is 14.0. The van der Waals surface area contributed by atoms with E-state index in [9.17, 15) is 19.5 Å². The van der Waals surface area contributed by atoms with Crippen LogP contribution < -0.4 is 0 Å².